The Bertz CT molecular complexity index is 281. The van der Waals surface area contributed by atoms with Gasteiger partial charge in [-0.3, -0.25) is 9.59 Å². The Balaban J connectivity index is 2.08. The van der Waals surface area contributed by atoms with E-state index < -0.39 is 12.0 Å². The molecule has 104 valence electrons. The van der Waals surface area contributed by atoms with E-state index in [1.54, 1.807) is 0 Å². The maximum atomic E-state index is 11.6. The Labute approximate surface area is 108 Å². The van der Waals surface area contributed by atoms with E-state index in [0.29, 0.717) is 19.4 Å². The summed E-state index contributed by atoms with van der Waals surface area (Å²) in [6.07, 6.45) is 6.69. The second kappa shape index (κ2) is 8.08. The molecule has 0 radical (unpaired) electrons. The fourth-order valence-electron chi connectivity index (χ4n) is 2.22. The van der Waals surface area contributed by atoms with Crippen molar-refractivity contribution in [3.8, 4) is 0 Å². The minimum Gasteiger partial charge on any atom is -0.480 e. The second-order valence-corrected chi connectivity index (χ2v) is 4.96. The van der Waals surface area contributed by atoms with E-state index in [-0.39, 0.29) is 11.9 Å². The maximum absolute atomic E-state index is 11.6. The monoisotopic (exact) mass is 256 g/mol. The van der Waals surface area contributed by atoms with Crippen LogP contribution in [0.25, 0.3) is 0 Å². The van der Waals surface area contributed by atoms with E-state index in [9.17, 15) is 9.59 Å². The molecular formula is C13H24N2O3. The first kappa shape index (κ1) is 15.0. The Hall–Kier alpha value is -1.10. The van der Waals surface area contributed by atoms with Crippen molar-refractivity contribution < 1.29 is 14.7 Å². The Morgan fingerprint density at radius 3 is 2.61 bits per heavy atom. The third-order valence-electron chi connectivity index (χ3n) is 3.30. The Kier molecular flexibility index (Phi) is 6.72. The van der Waals surface area contributed by atoms with Crippen LogP contribution in [-0.4, -0.2) is 35.6 Å². The molecule has 1 aliphatic rings. The van der Waals surface area contributed by atoms with Gasteiger partial charge in [-0.15, -0.1) is 0 Å². The van der Waals surface area contributed by atoms with E-state index in [2.05, 4.69) is 17.6 Å². The molecule has 0 aromatic rings. The standard InChI is InChI=1S/C13H24N2O3/c1-2-3-4-5-6-7-12(16)15-10-8-11(13(17)18)14-9-10/h10-11,14H,2-9H2,1H3,(H,15,16)(H,17,18)/t10-,11+/m1/s1. The van der Waals surface area contributed by atoms with Gasteiger partial charge < -0.3 is 15.7 Å². The first-order valence-corrected chi connectivity index (χ1v) is 6.89. The number of rotatable bonds is 8. The van der Waals surface area contributed by atoms with Crippen LogP contribution < -0.4 is 10.6 Å². The lowest BCUT2D eigenvalue weighted by Crippen LogP contribution is -2.35. The molecule has 1 rings (SSSR count). The van der Waals surface area contributed by atoms with Crippen molar-refractivity contribution in [3.05, 3.63) is 0 Å². The lowest BCUT2D eigenvalue weighted by atomic mass is 10.1. The molecule has 1 fully saturated rings. The molecule has 2 atom stereocenters. The van der Waals surface area contributed by atoms with Gasteiger partial charge in [-0.25, -0.2) is 0 Å². The van der Waals surface area contributed by atoms with Gasteiger partial charge in [0, 0.05) is 19.0 Å². The highest BCUT2D eigenvalue weighted by atomic mass is 16.4. The summed E-state index contributed by atoms with van der Waals surface area (Å²) >= 11 is 0. The van der Waals surface area contributed by atoms with Crippen LogP contribution in [0.1, 0.15) is 51.9 Å². The zero-order chi connectivity index (χ0) is 13.4. The first-order chi connectivity index (χ1) is 8.63. The molecule has 1 saturated heterocycles. The van der Waals surface area contributed by atoms with Crippen molar-refractivity contribution in [3.63, 3.8) is 0 Å². The average Bonchev–Trinajstić information content (AvgIpc) is 2.77. The normalized spacial score (nSPS) is 22.9. The summed E-state index contributed by atoms with van der Waals surface area (Å²) in [4.78, 5) is 22.4. The summed E-state index contributed by atoms with van der Waals surface area (Å²) in [6.45, 7) is 2.72. The van der Waals surface area contributed by atoms with E-state index in [1.165, 1.54) is 19.3 Å². The van der Waals surface area contributed by atoms with Crippen LogP contribution in [0.4, 0.5) is 0 Å². The molecule has 0 unspecified atom stereocenters. The second-order valence-electron chi connectivity index (χ2n) is 4.96. The van der Waals surface area contributed by atoms with Crippen molar-refractivity contribution in [2.75, 3.05) is 6.54 Å². The van der Waals surface area contributed by atoms with Crippen LogP contribution in [0.5, 0.6) is 0 Å². The van der Waals surface area contributed by atoms with E-state index >= 15 is 0 Å². The Morgan fingerprint density at radius 1 is 1.28 bits per heavy atom. The third kappa shape index (κ3) is 5.49. The molecule has 5 heteroatoms. The molecule has 0 spiro atoms. The highest BCUT2D eigenvalue weighted by molar-refractivity contribution is 5.77. The van der Waals surface area contributed by atoms with Crippen LogP contribution in [0.2, 0.25) is 0 Å². The van der Waals surface area contributed by atoms with Crippen LogP contribution in [0, 0.1) is 0 Å². The number of carbonyl (C=O) groups is 2. The summed E-state index contributed by atoms with van der Waals surface area (Å²) in [6, 6.07) is -0.547. The van der Waals surface area contributed by atoms with Crippen molar-refractivity contribution in [2.24, 2.45) is 0 Å². The largest absolute Gasteiger partial charge is 0.480 e. The van der Waals surface area contributed by atoms with Gasteiger partial charge in [0.15, 0.2) is 0 Å². The van der Waals surface area contributed by atoms with Crippen molar-refractivity contribution in [2.45, 2.75) is 64.0 Å². The molecule has 0 bridgehead atoms. The van der Waals surface area contributed by atoms with Gasteiger partial charge in [-0.2, -0.15) is 0 Å². The van der Waals surface area contributed by atoms with Crippen molar-refractivity contribution >= 4 is 11.9 Å². The lowest BCUT2D eigenvalue weighted by Gasteiger charge is -2.11. The highest BCUT2D eigenvalue weighted by Gasteiger charge is 2.29. The molecule has 18 heavy (non-hydrogen) atoms. The van der Waals surface area contributed by atoms with Gasteiger partial charge >= 0.3 is 5.97 Å². The summed E-state index contributed by atoms with van der Waals surface area (Å²) < 4.78 is 0. The zero-order valence-electron chi connectivity index (χ0n) is 11.1. The van der Waals surface area contributed by atoms with Gasteiger partial charge in [-0.1, -0.05) is 32.6 Å². The van der Waals surface area contributed by atoms with E-state index in [4.69, 9.17) is 5.11 Å². The quantitative estimate of drug-likeness (QED) is 0.572. The molecule has 1 heterocycles. The van der Waals surface area contributed by atoms with Crippen LogP contribution >= 0.6 is 0 Å². The van der Waals surface area contributed by atoms with Gasteiger partial charge in [0.2, 0.25) is 5.91 Å². The SMILES string of the molecule is CCCCCCCC(=O)N[C@H]1CN[C@H](C(=O)O)C1. The molecular weight excluding hydrogens is 232 g/mol. The summed E-state index contributed by atoms with van der Waals surface area (Å²) in [5, 5.41) is 14.6. The molecule has 1 amide bonds. The molecule has 0 saturated carbocycles. The van der Waals surface area contributed by atoms with E-state index in [0.717, 1.165) is 12.8 Å². The average molecular weight is 256 g/mol. The number of carboxylic acids is 1. The van der Waals surface area contributed by atoms with Crippen molar-refractivity contribution in [1.82, 2.24) is 10.6 Å². The summed E-state index contributed by atoms with van der Waals surface area (Å²) in [7, 11) is 0. The lowest BCUT2D eigenvalue weighted by molar-refractivity contribution is -0.139. The fourth-order valence-corrected chi connectivity index (χ4v) is 2.22. The minimum absolute atomic E-state index is 0.0331. The molecule has 0 aromatic heterocycles. The number of hydrogen-bond donors (Lipinski definition) is 3. The number of amides is 1. The number of carboxylic acid groups (broad SMARTS) is 1. The Morgan fingerprint density at radius 2 is 2.00 bits per heavy atom. The minimum atomic E-state index is -0.841. The third-order valence-corrected chi connectivity index (χ3v) is 3.30. The highest BCUT2D eigenvalue weighted by Crippen LogP contribution is 2.08. The van der Waals surface area contributed by atoms with Gasteiger partial charge in [-0.05, 0) is 12.8 Å². The number of unbranched alkanes of at least 4 members (excludes halogenated alkanes) is 4. The number of carbonyl (C=O) groups excluding carboxylic acids is 1. The van der Waals surface area contributed by atoms with Gasteiger partial charge in [0.05, 0.1) is 0 Å². The van der Waals surface area contributed by atoms with Gasteiger partial charge in [0.1, 0.15) is 6.04 Å². The molecule has 1 aliphatic heterocycles. The van der Waals surface area contributed by atoms with Crippen LogP contribution in [0.15, 0.2) is 0 Å². The predicted molar refractivity (Wildman–Crippen MR) is 69.4 cm³/mol. The van der Waals surface area contributed by atoms with Crippen LogP contribution in [-0.2, 0) is 9.59 Å². The summed E-state index contributed by atoms with van der Waals surface area (Å²) in [5.41, 5.74) is 0. The molecule has 0 aliphatic carbocycles. The molecule has 5 nitrogen and oxygen atoms in total. The zero-order valence-corrected chi connectivity index (χ0v) is 11.1. The summed E-state index contributed by atoms with van der Waals surface area (Å²) in [5.74, 6) is -0.796. The molecule has 3 N–H and O–H groups in total. The number of aliphatic carboxylic acids is 1. The van der Waals surface area contributed by atoms with Crippen LogP contribution in [0.3, 0.4) is 0 Å². The number of nitrogens with one attached hydrogen (secondary N) is 2. The van der Waals surface area contributed by atoms with Crippen molar-refractivity contribution in [1.29, 1.82) is 0 Å². The first-order valence-electron chi connectivity index (χ1n) is 6.89. The smallest absolute Gasteiger partial charge is 0.320 e. The van der Waals surface area contributed by atoms with Gasteiger partial charge in [0.25, 0.3) is 0 Å². The fraction of sp³-hybridized carbons (Fsp3) is 0.846. The molecule has 0 aromatic carbocycles. The number of hydrogen-bond acceptors (Lipinski definition) is 3. The van der Waals surface area contributed by atoms with E-state index in [1.807, 2.05) is 0 Å². The topological polar surface area (TPSA) is 78.4 Å². The predicted octanol–water partition coefficient (Wildman–Crippen LogP) is 1.28. The maximum Gasteiger partial charge on any atom is 0.320 e.